The van der Waals surface area contributed by atoms with Crippen LogP contribution in [-0.4, -0.2) is 62.1 Å². The van der Waals surface area contributed by atoms with Crippen molar-refractivity contribution < 1.29 is 24.0 Å². The van der Waals surface area contributed by atoms with Crippen molar-refractivity contribution in [3.05, 3.63) is 75.3 Å². The van der Waals surface area contributed by atoms with E-state index in [2.05, 4.69) is 15.5 Å². The van der Waals surface area contributed by atoms with Gasteiger partial charge in [0.05, 0.1) is 22.3 Å². The van der Waals surface area contributed by atoms with Gasteiger partial charge in [0.15, 0.2) is 0 Å². The molecule has 5 rings (SSSR count). The van der Waals surface area contributed by atoms with Crippen molar-refractivity contribution in [3.8, 4) is 0 Å². The van der Waals surface area contributed by atoms with Gasteiger partial charge in [-0.2, -0.15) is 0 Å². The number of fused-ring (bicyclic) bond motifs is 2. The van der Waals surface area contributed by atoms with E-state index in [0.29, 0.717) is 22.6 Å². The third-order valence-corrected chi connectivity index (χ3v) is 6.71. The molecule has 0 bridgehead atoms. The van der Waals surface area contributed by atoms with Crippen LogP contribution in [0.1, 0.15) is 70.6 Å². The van der Waals surface area contributed by atoms with E-state index in [1.54, 1.807) is 38.1 Å². The molecule has 0 fully saturated rings. The Labute approximate surface area is 203 Å². The number of benzene rings is 2. The number of aromatic nitrogens is 2. The highest BCUT2D eigenvalue weighted by Crippen LogP contribution is 2.27. The lowest BCUT2D eigenvalue weighted by atomic mass is 10.1. The van der Waals surface area contributed by atoms with E-state index < -0.39 is 11.8 Å². The number of carbonyl (C=O) groups excluding carboxylic acids is 5. The number of amides is 5. The van der Waals surface area contributed by atoms with Crippen molar-refractivity contribution in [2.75, 3.05) is 11.9 Å². The molecule has 2 aromatic carbocycles. The van der Waals surface area contributed by atoms with Crippen molar-refractivity contribution >= 4 is 46.0 Å². The second-order valence-corrected chi connectivity index (χ2v) is 9.41. The Kier molecular flexibility index (Phi) is 5.48. The number of carbonyl (C=O) groups is 5. The number of nitrogens with zero attached hydrogens (tertiary/aromatic N) is 4. The highest BCUT2D eigenvalue weighted by Gasteiger charge is 2.38. The maximum atomic E-state index is 12.7. The normalized spacial score (nSPS) is 14.7. The van der Waals surface area contributed by atoms with E-state index in [9.17, 15) is 24.0 Å². The molecule has 11 heteroatoms. The summed E-state index contributed by atoms with van der Waals surface area (Å²) in [6, 6.07) is 10.7. The predicted octanol–water partition coefficient (Wildman–Crippen LogP) is 2.63. The smallest absolute Gasteiger partial charge is 0.261 e. The summed E-state index contributed by atoms with van der Waals surface area (Å²) in [4.78, 5) is 65.0. The molecular formula is C24H19N5O5S. The second-order valence-electron chi connectivity index (χ2n) is 8.35. The van der Waals surface area contributed by atoms with Crippen molar-refractivity contribution in [2.45, 2.75) is 26.3 Å². The summed E-state index contributed by atoms with van der Waals surface area (Å²) in [5.74, 6) is -1.99. The van der Waals surface area contributed by atoms with Gasteiger partial charge in [-0.3, -0.25) is 39.1 Å². The quantitative estimate of drug-likeness (QED) is 0.527. The van der Waals surface area contributed by atoms with Crippen LogP contribution >= 0.6 is 11.3 Å². The fraction of sp³-hybridized carbons (Fsp3) is 0.208. The minimum atomic E-state index is -0.501. The first kappa shape index (κ1) is 22.5. The Balaban J connectivity index is 1.24. The van der Waals surface area contributed by atoms with E-state index in [-0.39, 0.29) is 52.1 Å². The fourth-order valence-corrected chi connectivity index (χ4v) is 4.82. The van der Waals surface area contributed by atoms with Crippen LogP contribution in [0.25, 0.3) is 0 Å². The Morgan fingerprint density at radius 2 is 1.51 bits per heavy atom. The minimum Gasteiger partial charge on any atom is -0.296 e. The molecule has 2 aliphatic rings. The van der Waals surface area contributed by atoms with Gasteiger partial charge in [0.2, 0.25) is 5.13 Å². The third kappa shape index (κ3) is 3.79. The molecule has 2 aliphatic heterocycles. The molecular weight excluding hydrogens is 470 g/mol. The summed E-state index contributed by atoms with van der Waals surface area (Å²) < 4.78 is 0. The SMILES string of the molecule is CC(C)N1C(=O)c2ccc(C(=O)Nc3nnc(CCN4C(=O)c5ccccc5C4=O)s3)cc2C1=O. The Morgan fingerprint density at radius 1 is 0.886 bits per heavy atom. The van der Waals surface area contributed by atoms with Gasteiger partial charge in [0, 0.05) is 24.6 Å². The van der Waals surface area contributed by atoms with Crippen molar-refractivity contribution in [2.24, 2.45) is 0 Å². The molecule has 0 radical (unpaired) electrons. The van der Waals surface area contributed by atoms with E-state index in [1.165, 1.54) is 23.1 Å². The van der Waals surface area contributed by atoms with E-state index in [4.69, 9.17) is 0 Å². The summed E-state index contributed by atoms with van der Waals surface area (Å²) in [5, 5.41) is 11.4. The molecule has 1 aromatic heterocycles. The van der Waals surface area contributed by atoms with Crippen LogP contribution in [-0.2, 0) is 6.42 Å². The maximum Gasteiger partial charge on any atom is 0.261 e. The first-order chi connectivity index (χ1) is 16.8. The fourth-order valence-electron chi connectivity index (χ4n) is 4.09. The molecule has 0 atom stereocenters. The topological polar surface area (TPSA) is 130 Å². The Bertz CT molecular complexity index is 1390. The van der Waals surface area contributed by atoms with Crippen LogP contribution in [0, 0.1) is 0 Å². The molecule has 0 saturated carbocycles. The maximum absolute atomic E-state index is 12.7. The van der Waals surface area contributed by atoms with Gasteiger partial charge >= 0.3 is 0 Å². The Morgan fingerprint density at radius 3 is 2.17 bits per heavy atom. The number of hydrogen-bond acceptors (Lipinski definition) is 8. The third-order valence-electron chi connectivity index (χ3n) is 5.81. The molecule has 3 aromatic rings. The molecule has 3 heterocycles. The van der Waals surface area contributed by atoms with Gasteiger partial charge in [-0.05, 0) is 44.2 Å². The van der Waals surface area contributed by atoms with Crippen LogP contribution in [0.2, 0.25) is 0 Å². The second kappa shape index (κ2) is 8.51. The first-order valence-electron chi connectivity index (χ1n) is 10.9. The molecule has 5 amide bonds. The summed E-state index contributed by atoms with van der Waals surface area (Å²) in [7, 11) is 0. The number of anilines is 1. The number of nitrogens with one attached hydrogen (secondary N) is 1. The largest absolute Gasteiger partial charge is 0.296 e. The summed E-state index contributed by atoms with van der Waals surface area (Å²) in [5.41, 5.74) is 1.43. The molecule has 35 heavy (non-hydrogen) atoms. The standard InChI is InChI=1S/C24H19N5O5S/c1-12(2)29-22(33)16-8-7-13(11-17(16)23(29)34)19(30)25-24-27-26-18(35-24)9-10-28-20(31)14-5-3-4-6-15(14)21(28)32/h3-8,11-12H,9-10H2,1-2H3,(H,25,27,30). The van der Waals surface area contributed by atoms with Gasteiger partial charge in [0.1, 0.15) is 5.01 Å². The summed E-state index contributed by atoms with van der Waals surface area (Å²) >= 11 is 1.12. The van der Waals surface area contributed by atoms with Gasteiger partial charge in [0.25, 0.3) is 29.5 Å². The summed E-state index contributed by atoms with van der Waals surface area (Å²) in [6.45, 7) is 3.63. The first-order valence-corrected chi connectivity index (χ1v) is 11.7. The molecule has 176 valence electrons. The molecule has 0 aliphatic carbocycles. The predicted molar refractivity (Wildman–Crippen MR) is 125 cm³/mol. The van der Waals surface area contributed by atoms with Crippen LogP contribution in [0.4, 0.5) is 5.13 Å². The molecule has 0 unspecified atom stereocenters. The molecule has 0 spiro atoms. The summed E-state index contributed by atoms with van der Waals surface area (Å²) in [6.07, 6.45) is 0.291. The van der Waals surface area contributed by atoms with Gasteiger partial charge < -0.3 is 0 Å². The van der Waals surface area contributed by atoms with Crippen LogP contribution < -0.4 is 5.32 Å². The van der Waals surface area contributed by atoms with E-state index in [0.717, 1.165) is 16.2 Å². The Hall–Kier alpha value is -4.25. The number of hydrogen-bond donors (Lipinski definition) is 1. The van der Waals surface area contributed by atoms with Gasteiger partial charge in [-0.15, -0.1) is 10.2 Å². The van der Waals surface area contributed by atoms with E-state index in [1.807, 2.05) is 0 Å². The highest BCUT2D eigenvalue weighted by atomic mass is 32.1. The zero-order valence-corrected chi connectivity index (χ0v) is 19.6. The molecule has 10 nitrogen and oxygen atoms in total. The molecule has 0 saturated heterocycles. The van der Waals surface area contributed by atoms with Gasteiger partial charge in [-0.1, -0.05) is 23.5 Å². The van der Waals surface area contributed by atoms with Crippen LogP contribution in [0.5, 0.6) is 0 Å². The lowest BCUT2D eigenvalue weighted by Crippen LogP contribution is -2.35. The van der Waals surface area contributed by atoms with Crippen molar-refractivity contribution in [1.29, 1.82) is 0 Å². The number of imide groups is 2. The van der Waals surface area contributed by atoms with Crippen LogP contribution in [0.15, 0.2) is 42.5 Å². The van der Waals surface area contributed by atoms with Crippen molar-refractivity contribution in [1.82, 2.24) is 20.0 Å². The van der Waals surface area contributed by atoms with Gasteiger partial charge in [-0.25, -0.2) is 0 Å². The number of rotatable bonds is 6. The average Bonchev–Trinajstić information content (AvgIpc) is 3.46. The zero-order chi connectivity index (χ0) is 24.9. The zero-order valence-electron chi connectivity index (χ0n) is 18.8. The lowest BCUT2D eigenvalue weighted by molar-refractivity contribution is 0.0604. The van der Waals surface area contributed by atoms with Crippen molar-refractivity contribution in [3.63, 3.8) is 0 Å². The van der Waals surface area contributed by atoms with E-state index >= 15 is 0 Å². The lowest BCUT2D eigenvalue weighted by Gasteiger charge is -2.17. The van der Waals surface area contributed by atoms with Crippen LogP contribution in [0.3, 0.4) is 0 Å². The molecule has 1 N–H and O–H groups in total. The minimum absolute atomic E-state index is 0.141. The monoisotopic (exact) mass is 489 g/mol. The highest BCUT2D eigenvalue weighted by molar-refractivity contribution is 7.15. The average molecular weight is 490 g/mol.